The van der Waals surface area contributed by atoms with Crippen molar-refractivity contribution in [2.75, 3.05) is 0 Å². The number of benzene rings is 1. The zero-order valence-corrected chi connectivity index (χ0v) is 8.94. The Labute approximate surface area is 85.2 Å². The summed E-state index contributed by atoms with van der Waals surface area (Å²) in [4.78, 5) is 0. The maximum atomic E-state index is 9.83. The standard InChI is InChI=1S/C12H18O2/c1-8(2)11(13)12(14)10-6-4-5-9(3)7-10/h4-8,11-14H,1-3H3. The predicted octanol–water partition coefficient (Wildman–Crippen LogP) is 2.05. The third-order valence-corrected chi connectivity index (χ3v) is 2.39. The molecule has 0 radical (unpaired) electrons. The van der Waals surface area contributed by atoms with E-state index in [1.807, 2.05) is 45.0 Å². The van der Waals surface area contributed by atoms with Crippen molar-refractivity contribution in [2.24, 2.45) is 5.92 Å². The summed E-state index contributed by atoms with van der Waals surface area (Å²) in [6, 6.07) is 7.60. The summed E-state index contributed by atoms with van der Waals surface area (Å²) in [5.41, 5.74) is 1.88. The molecule has 2 N–H and O–H groups in total. The monoisotopic (exact) mass is 194 g/mol. The van der Waals surface area contributed by atoms with Gasteiger partial charge in [-0.05, 0) is 18.4 Å². The van der Waals surface area contributed by atoms with Gasteiger partial charge in [-0.1, -0.05) is 43.7 Å². The van der Waals surface area contributed by atoms with Crippen LogP contribution in [0.25, 0.3) is 0 Å². The van der Waals surface area contributed by atoms with Gasteiger partial charge in [0.05, 0.1) is 6.10 Å². The zero-order chi connectivity index (χ0) is 10.7. The van der Waals surface area contributed by atoms with Crippen molar-refractivity contribution in [1.82, 2.24) is 0 Å². The largest absolute Gasteiger partial charge is 0.390 e. The second-order valence-electron chi connectivity index (χ2n) is 4.09. The van der Waals surface area contributed by atoms with E-state index >= 15 is 0 Å². The Morgan fingerprint density at radius 3 is 2.29 bits per heavy atom. The Hall–Kier alpha value is -0.860. The fraction of sp³-hybridized carbons (Fsp3) is 0.500. The van der Waals surface area contributed by atoms with Crippen LogP contribution in [0.2, 0.25) is 0 Å². The molecular formula is C12H18O2. The number of hydrogen-bond donors (Lipinski definition) is 2. The van der Waals surface area contributed by atoms with Crippen LogP contribution in [0.1, 0.15) is 31.1 Å². The number of hydrogen-bond acceptors (Lipinski definition) is 2. The first-order valence-electron chi connectivity index (χ1n) is 4.95. The number of rotatable bonds is 3. The molecule has 0 aliphatic heterocycles. The number of aliphatic hydroxyl groups excluding tert-OH is 2. The van der Waals surface area contributed by atoms with Crippen LogP contribution in [0.15, 0.2) is 24.3 Å². The quantitative estimate of drug-likeness (QED) is 0.773. The summed E-state index contributed by atoms with van der Waals surface area (Å²) in [6.07, 6.45) is -1.48. The Balaban J connectivity index is 2.83. The van der Waals surface area contributed by atoms with E-state index in [0.29, 0.717) is 0 Å². The SMILES string of the molecule is Cc1cccc(C(O)C(O)C(C)C)c1. The van der Waals surface area contributed by atoms with Crippen LogP contribution in [-0.2, 0) is 0 Å². The van der Waals surface area contributed by atoms with Crippen LogP contribution < -0.4 is 0 Å². The van der Waals surface area contributed by atoms with E-state index in [2.05, 4.69) is 0 Å². The molecule has 0 aliphatic carbocycles. The molecule has 0 saturated heterocycles. The van der Waals surface area contributed by atoms with Crippen molar-refractivity contribution in [1.29, 1.82) is 0 Å². The molecule has 1 aromatic carbocycles. The summed E-state index contributed by atoms with van der Waals surface area (Å²) in [5.74, 6) is 0.0607. The second-order valence-corrected chi connectivity index (χ2v) is 4.09. The van der Waals surface area contributed by atoms with Gasteiger partial charge in [0.1, 0.15) is 6.10 Å². The van der Waals surface area contributed by atoms with E-state index in [1.54, 1.807) is 0 Å². The number of aliphatic hydroxyl groups is 2. The summed E-state index contributed by atoms with van der Waals surface area (Å²) in [6.45, 7) is 5.76. The van der Waals surface area contributed by atoms with Gasteiger partial charge in [-0.15, -0.1) is 0 Å². The Kier molecular flexibility index (Phi) is 3.67. The van der Waals surface area contributed by atoms with E-state index in [9.17, 15) is 10.2 Å². The van der Waals surface area contributed by atoms with E-state index in [0.717, 1.165) is 11.1 Å². The smallest absolute Gasteiger partial charge is 0.105 e. The summed E-state index contributed by atoms with van der Waals surface area (Å²) >= 11 is 0. The van der Waals surface area contributed by atoms with Crippen molar-refractivity contribution in [2.45, 2.75) is 33.0 Å². The average molecular weight is 194 g/mol. The normalized spacial score (nSPS) is 15.6. The third-order valence-electron chi connectivity index (χ3n) is 2.39. The fourth-order valence-corrected chi connectivity index (χ4v) is 1.42. The first-order chi connectivity index (χ1) is 6.52. The lowest BCUT2D eigenvalue weighted by molar-refractivity contribution is -0.00941. The molecule has 0 fully saturated rings. The average Bonchev–Trinajstić information content (AvgIpc) is 2.15. The highest BCUT2D eigenvalue weighted by Gasteiger charge is 2.21. The Morgan fingerprint density at radius 1 is 1.14 bits per heavy atom. The van der Waals surface area contributed by atoms with Gasteiger partial charge in [0.15, 0.2) is 0 Å². The van der Waals surface area contributed by atoms with Crippen LogP contribution in [0, 0.1) is 12.8 Å². The van der Waals surface area contributed by atoms with Gasteiger partial charge in [0.2, 0.25) is 0 Å². The highest BCUT2D eigenvalue weighted by Crippen LogP contribution is 2.22. The maximum absolute atomic E-state index is 9.83. The molecule has 1 aromatic rings. The minimum absolute atomic E-state index is 0.0607. The molecule has 0 aliphatic rings. The summed E-state index contributed by atoms with van der Waals surface area (Å²) in [7, 11) is 0. The molecular weight excluding hydrogens is 176 g/mol. The first-order valence-corrected chi connectivity index (χ1v) is 4.95. The van der Waals surface area contributed by atoms with E-state index in [4.69, 9.17) is 0 Å². The molecule has 2 unspecified atom stereocenters. The van der Waals surface area contributed by atoms with Crippen LogP contribution in [0.3, 0.4) is 0 Å². The minimum Gasteiger partial charge on any atom is -0.390 e. The molecule has 0 amide bonds. The molecule has 0 aromatic heterocycles. The molecule has 0 bridgehead atoms. The Bertz CT molecular complexity index is 294. The van der Waals surface area contributed by atoms with Crippen molar-refractivity contribution < 1.29 is 10.2 Å². The lowest BCUT2D eigenvalue weighted by Gasteiger charge is -2.21. The van der Waals surface area contributed by atoms with Gasteiger partial charge in [0, 0.05) is 0 Å². The highest BCUT2D eigenvalue weighted by atomic mass is 16.3. The van der Waals surface area contributed by atoms with Gasteiger partial charge >= 0.3 is 0 Å². The third kappa shape index (κ3) is 2.56. The summed E-state index contributed by atoms with van der Waals surface area (Å²) < 4.78 is 0. The lowest BCUT2D eigenvalue weighted by Crippen LogP contribution is -2.23. The molecule has 2 heteroatoms. The fourth-order valence-electron chi connectivity index (χ4n) is 1.42. The van der Waals surface area contributed by atoms with Crippen molar-refractivity contribution >= 4 is 0 Å². The van der Waals surface area contributed by atoms with E-state index in [1.165, 1.54) is 0 Å². The van der Waals surface area contributed by atoms with Crippen LogP contribution in [0.4, 0.5) is 0 Å². The molecule has 78 valence electrons. The predicted molar refractivity (Wildman–Crippen MR) is 57.0 cm³/mol. The van der Waals surface area contributed by atoms with Crippen LogP contribution >= 0.6 is 0 Å². The topological polar surface area (TPSA) is 40.5 Å². The van der Waals surface area contributed by atoms with Crippen molar-refractivity contribution in [3.8, 4) is 0 Å². The van der Waals surface area contributed by atoms with Gasteiger partial charge in [-0.25, -0.2) is 0 Å². The van der Waals surface area contributed by atoms with E-state index < -0.39 is 12.2 Å². The maximum Gasteiger partial charge on any atom is 0.105 e. The molecule has 0 spiro atoms. The van der Waals surface area contributed by atoms with Crippen LogP contribution in [0.5, 0.6) is 0 Å². The number of aryl methyl sites for hydroxylation is 1. The van der Waals surface area contributed by atoms with Crippen molar-refractivity contribution in [3.63, 3.8) is 0 Å². The van der Waals surface area contributed by atoms with Crippen LogP contribution in [-0.4, -0.2) is 16.3 Å². The van der Waals surface area contributed by atoms with Gasteiger partial charge in [-0.3, -0.25) is 0 Å². The lowest BCUT2D eigenvalue weighted by atomic mass is 9.95. The second kappa shape index (κ2) is 4.58. The zero-order valence-electron chi connectivity index (χ0n) is 8.94. The van der Waals surface area contributed by atoms with Crippen molar-refractivity contribution in [3.05, 3.63) is 35.4 Å². The molecule has 0 heterocycles. The van der Waals surface area contributed by atoms with Gasteiger partial charge in [0.25, 0.3) is 0 Å². The minimum atomic E-state index is -0.782. The first kappa shape index (κ1) is 11.2. The molecule has 2 atom stereocenters. The molecule has 0 saturated carbocycles. The molecule has 2 nitrogen and oxygen atoms in total. The molecule has 1 rings (SSSR count). The summed E-state index contributed by atoms with van der Waals surface area (Å²) in [5, 5.41) is 19.5. The Morgan fingerprint density at radius 2 is 1.79 bits per heavy atom. The van der Waals surface area contributed by atoms with E-state index in [-0.39, 0.29) is 5.92 Å². The highest BCUT2D eigenvalue weighted by molar-refractivity contribution is 5.24. The molecule has 14 heavy (non-hydrogen) atoms. The van der Waals surface area contributed by atoms with Gasteiger partial charge < -0.3 is 10.2 Å². The van der Waals surface area contributed by atoms with Gasteiger partial charge in [-0.2, -0.15) is 0 Å².